The summed E-state index contributed by atoms with van der Waals surface area (Å²) in [5.41, 5.74) is 0.852. The van der Waals surface area contributed by atoms with Gasteiger partial charge in [0.25, 0.3) is 0 Å². The van der Waals surface area contributed by atoms with Crippen LogP contribution in [0.1, 0.15) is 73.6 Å². The maximum Gasteiger partial charge on any atom is 0.0113 e. The zero-order valence-corrected chi connectivity index (χ0v) is 15.8. The lowest BCUT2D eigenvalue weighted by Crippen LogP contribution is -2.50. The largest absolute Gasteiger partial charge is 0.316 e. The van der Waals surface area contributed by atoms with Crippen molar-refractivity contribution in [3.05, 3.63) is 0 Å². The molecule has 1 aliphatic carbocycles. The summed E-state index contributed by atoms with van der Waals surface area (Å²) in [5, 5.41) is 3.72. The third kappa shape index (κ3) is 5.90. The molecule has 1 N–H and O–H groups in total. The van der Waals surface area contributed by atoms with Gasteiger partial charge in [-0.1, -0.05) is 47.5 Å². The van der Waals surface area contributed by atoms with Gasteiger partial charge in [0.2, 0.25) is 0 Å². The Hall–Kier alpha value is -0.0800. The van der Waals surface area contributed by atoms with Crippen LogP contribution in [0.4, 0.5) is 0 Å². The molecule has 0 aliphatic heterocycles. The molecule has 2 heteroatoms. The van der Waals surface area contributed by atoms with Crippen LogP contribution in [-0.4, -0.2) is 37.6 Å². The molecule has 0 bridgehead atoms. The molecular formula is C19H40N2. The van der Waals surface area contributed by atoms with Crippen LogP contribution in [0.3, 0.4) is 0 Å². The second-order valence-electron chi connectivity index (χ2n) is 8.82. The molecule has 1 fully saturated rings. The van der Waals surface area contributed by atoms with E-state index in [1.165, 1.54) is 45.2 Å². The highest BCUT2D eigenvalue weighted by Gasteiger charge is 2.37. The van der Waals surface area contributed by atoms with Crippen molar-refractivity contribution in [3.8, 4) is 0 Å². The van der Waals surface area contributed by atoms with Gasteiger partial charge in [0.15, 0.2) is 0 Å². The van der Waals surface area contributed by atoms with Crippen molar-refractivity contribution < 1.29 is 0 Å². The molecule has 126 valence electrons. The molecule has 0 spiro atoms. The smallest absolute Gasteiger partial charge is 0.0113 e. The first-order valence-electron chi connectivity index (χ1n) is 9.11. The second kappa shape index (κ2) is 7.97. The molecule has 1 aliphatic rings. The average Bonchev–Trinajstić information content (AvgIpc) is 2.40. The fourth-order valence-corrected chi connectivity index (χ4v) is 3.62. The van der Waals surface area contributed by atoms with E-state index in [1.807, 2.05) is 0 Å². The molecule has 0 amide bonds. The van der Waals surface area contributed by atoms with Gasteiger partial charge >= 0.3 is 0 Å². The third-order valence-electron chi connectivity index (χ3n) is 5.76. The Balaban J connectivity index is 2.68. The van der Waals surface area contributed by atoms with Crippen molar-refractivity contribution in [3.63, 3.8) is 0 Å². The summed E-state index contributed by atoms with van der Waals surface area (Å²) >= 11 is 0. The van der Waals surface area contributed by atoms with Crippen LogP contribution in [-0.2, 0) is 0 Å². The van der Waals surface area contributed by atoms with E-state index >= 15 is 0 Å². The van der Waals surface area contributed by atoms with Crippen LogP contribution >= 0.6 is 0 Å². The number of rotatable bonds is 7. The van der Waals surface area contributed by atoms with E-state index in [9.17, 15) is 0 Å². The van der Waals surface area contributed by atoms with Gasteiger partial charge in [-0.25, -0.2) is 0 Å². The van der Waals surface area contributed by atoms with Crippen LogP contribution in [0.25, 0.3) is 0 Å². The molecule has 1 saturated carbocycles. The molecule has 0 heterocycles. The predicted molar refractivity (Wildman–Crippen MR) is 94.8 cm³/mol. The maximum absolute atomic E-state index is 3.72. The van der Waals surface area contributed by atoms with Crippen molar-refractivity contribution in [1.82, 2.24) is 10.2 Å². The highest BCUT2D eigenvalue weighted by Crippen LogP contribution is 2.40. The summed E-state index contributed by atoms with van der Waals surface area (Å²) in [6, 6.07) is 0.625. The molecular weight excluding hydrogens is 256 g/mol. The van der Waals surface area contributed by atoms with Crippen molar-refractivity contribution >= 4 is 0 Å². The highest BCUT2D eigenvalue weighted by molar-refractivity contribution is 4.91. The van der Waals surface area contributed by atoms with Crippen LogP contribution in [0.15, 0.2) is 0 Å². The molecule has 1 atom stereocenters. The molecule has 1 unspecified atom stereocenters. The Morgan fingerprint density at radius 1 is 1.24 bits per heavy atom. The fraction of sp³-hybridized carbons (Fsp3) is 1.00. The summed E-state index contributed by atoms with van der Waals surface area (Å²) in [6.07, 6.45) is 6.84. The van der Waals surface area contributed by atoms with E-state index in [2.05, 4.69) is 58.8 Å². The molecule has 21 heavy (non-hydrogen) atoms. The Bertz CT molecular complexity index is 284. The van der Waals surface area contributed by atoms with Gasteiger partial charge in [-0.15, -0.1) is 0 Å². The van der Waals surface area contributed by atoms with Gasteiger partial charge in [-0.2, -0.15) is 0 Å². The third-order valence-corrected chi connectivity index (χ3v) is 5.76. The first kappa shape index (κ1) is 19.0. The van der Waals surface area contributed by atoms with E-state index < -0.39 is 0 Å². The number of hydrogen-bond acceptors (Lipinski definition) is 2. The second-order valence-corrected chi connectivity index (χ2v) is 8.82. The van der Waals surface area contributed by atoms with Crippen LogP contribution in [0.2, 0.25) is 0 Å². The maximum atomic E-state index is 3.72. The first-order valence-corrected chi connectivity index (χ1v) is 9.11. The standard InChI is InChI=1S/C19H40N2/c1-8-13-20-14-19(11-9-16(2)10-12-19)15-21(7)17(3)18(4,5)6/h16-17,20H,8-15H2,1-7H3. The Kier molecular flexibility index (Phi) is 7.19. The van der Waals surface area contributed by atoms with E-state index in [-0.39, 0.29) is 0 Å². The number of hydrogen-bond donors (Lipinski definition) is 1. The normalized spacial score (nSPS) is 28.9. The lowest BCUT2D eigenvalue weighted by molar-refractivity contribution is 0.0512. The monoisotopic (exact) mass is 296 g/mol. The molecule has 0 aromatic carbocycles. The zero-order chi connectivity index (χ0) is 16.1. The van der Waals surface area contributed by atoms with E-state index in [1.54, 1.807) is 0 Å². The van der Waals surface area contributed by atoms with E-state index in [4.69, 9.17) is 0 Å². The van der Waals surface area contributed by atoms with Gasteiger partial charge in [0.1, 0.15) is 0 Å². The van der Waals surface area contributed by atoms with Crippen molar-refractivity contribution in [2.24, 2.45) is 16.7 Å². The van der Waals surface area contributed by atoms with Crippen LogP contribution < -0.4 is 5.32 Å². The molecule has 0 saturated heterocycles. The summed E-state index contributed by atoms with van der Waals surface area (Å²) in [4.78, 5) is 2.61. The Labute approximate surface area is 134 Å². The van der Waals surface area contributed by atoms with E-state index in [0.29, 0.717) is 16.9 Å². The van der Waals surface area contributed by atoms with Crippen molar-refractivity contribution in [2.45, 2.75) is 79.7 Å². The summed E-state index contributed by atoms with van der Waals surface area (Å²) in [7, 11) is 2.33. The lowest BCUT2D eigenvalue weighted by atomic mass is 9.70. The van der Waals surface area contributed by atoms with Crippen molar-refractivity contribution in [1.29, 1.82) is 0 Å². The topological polar surface area (TPSA) is 15.3 Å². The van der Waals surface area contributed by atoms with E-state index in [0.717, 1.165) is 12.5 Å². The Morgan fingerprint density at radius 2 is 1.81 bits per heavy atom. The van der Waals surface area contributed by atoms with Gasteiger partial charge in [-0.3, -0.25) is 0 Å². The van der Waals surface area contributed by atoms with Crippen LogP contribution in [0.5, 0.6) is 0 Å². The Morgan fingerprint density at radius 3 is 2.29 bits per heavy atom. The van der Waals surface area contributed by atoms with Gasteiger partial charge in [-0.05, 0) is 56.5 Å². The molecule has 0 aromatic rings. The zero-order valence-electron chi connectivity index (χ0n) is 15.8. The molecule has 0 radical (unpaired) electrons. The molecule has 2 nitrogen and oxygen atoms in total. The minimum Gasteiger partial charge on any atom is -0.316 e. The van der Waals surface area contributed by atoms with Gasteiger partial charge < -0.3 is 10.2 Å². The summed E-state index contributed by atoms with van der Waals surface area (Å²) in [6.45, 7) is 17.8. The lowest BCUT2D eigenvalue weighted by Gasteiger charge is -2.45. The number of nitrogens with zero attached hydrogens (tertiary/aromatic N) is 1. The van der Waals surface area contributed by atoms with Gasteiger partial charge in [0.05, 0.1) is 0 Å². The molecule has 0 aromatic heterocycles. The first-order chi connectivity index (χ1) is 9.70. The predicted octanol–water partition coefficient (Wildman–Crippen LogP) is 4.55. The summed E-state index contributed by atoms with van der Waals surface area (Å²) in [5.74, 6) is 0.926. The number of nitrogens with one attached hydrogen (secondary N) is 1. The quantitative estimate of drug-likeness (QED) is 0.693. The van der Waals surface area contributed by atoms with Gasteiger partial charge in [0, 0.05) is 19.1 Å². The SMILES string of the molecule is CCCNCC1(CN(C)C(C)C(C)(C)C)CCC(C)CC1. The fourth-order valence-electron chi connectivity index (χ4n) is 3.62. The minimum atomic E-state index is 0.356. The summed E-state index contributed by atoms with van der Waals surface area (Å²) < 4.78 is 0. The highest BCUT2D eigenvalue weighted by atomic mass is 15.1. The van der Waals surface area contributed by atoms with Crippen LogP contribution in [0, 0.1) is 16.7 Å². The minimum absolute atomic E-state index is 0.356. The van der Waals surface area contributed by atoms with Crippen molar-refractivity contribution in [2.75, 3.05) is 26.7 Å². The average molecular weight is 297 g/mol. The molecule has 1 rings (SSSR count).